The van der Waals surface area contributed by atoms with Crippen molar-refractivity contribution in [2.75, 3.05) is 30.3 Å². The Morgan fingerprint density at radius 1 is 0.964 bits per heavy atom. The third-order valence-electron chi connectivity index (χ3n) is 2.98. The Kier molecular flexibility index (Phi) is 21.9. The second kappa shape index (κ2) is 19.4. The number of aryl methyl sites for hydroxylation is 1. The molecule has 0 aliphatic heterocycles. The van der Waals surface area contributed by atoms with Crippen molar-refractivity contribution in [1.29, 1.82) is 0 Å². The number of sulfonamides is 1. The molecule has 0 saturated carbocycles. The molecule has 2 aromatic rings. The first-order chi connectivity index (χ1) is 13.0. The smallest absolute Gasteiger partial charge is 0.261 e. The molecule has 0 bridgehead atoms. The predicted molar refractivity (Wildman–Crippen MR) is 97.6 cm³/mol. The average molecular weight is 641 g/mol. The molecule has 1 radical (unpaired) electrons. The molecule has 0 atom stereocenters. The third kappa shape index (κ3) is 11.8. The van der Waals surface area contributed by atoms with Gasteiger partial charge in [0.15, 0.2) is 0 Å². The largest absolute Gasteiger partial charge is 0.676 e. The SMILES string of the molecule is CF.Cc1ccc(NS(=O)(=O)c2ccccc2)cc1NCC[NH-].FF.FF.[Ac]. The van der Waals surface area contributed by atoms with Gasteiger partial charge in [-0.05, 0) is 43.3 Å². The summed E-state index contributed by atoms with van der Waals surface area (Å²) in [5, 5.41) is 3.11. The van der Waals surface area contributed by atoms with Crippen LogP contribution in [0.3, 0.4) is 0 Å². The van der Waals surface area contributed by atoms with E-state index in [1.165, 1.54) is 0 Å². The number of hydrogen-bond donors (Lipinski definition) is 2. The van der Waals surface area contributed by atoms with E-state index in [0.29, 0.717) is 19.4 Å². The van der Waals surface area contributed by atoms with Gasteiger partial charge in [-0.1, -0.05) is 24.3 Å². The molecule has 0 aliphatic carbocycles. The van der Waals surface area contributed by atoms with Crippen LogP contribution in [0.15, 0.2) is 53.4 Å². The van der Waals surface area contributed by atoms with Crippen molar-refractivity contribution in [3.63, 3.8) is 0 Å². The fraction of sp³-hybridized carbons (Fsp3) is 0.250. The van der Waals surface area contributed by atoms with Crippen LogP contribution < -0.4 is 10.0 Å². The Morgan fingerprint density at radius 3 is 2.00 bits per heavy atom. The van der Waals surface area contributed by atoms with E-state index in [2.05, 4.69) is 10.0 Å². The molecule has 0 aromatic heterocycles. The van der Waals surface area contributed by atoms with Gasteiger partial charge in [0, 0.05) is 68.0 Å². The molecule has 157 valence electrons. The van der Waals surface area contributed by atoms with Gasteiger partial charge in [0.05, 0.1) is 17.8 Å². The zero-order valence-corrected chi connectivity index (χ0v) is 20.8. The fourth-order valence-electron chi connectivity index (χ4n) is 1.89. The van der Waals surface area contributed by atoms with Gasteiger partial charge in [-0.15, -0.1) is 6.54 Å². The van der Waals surface area contributed by atoms with Crippen molar-refractivity contribution in [2.45, 2.75) is 11.8 Å². The number of alkyl halides is 1. The number of benzene rings is 2. The van der Waals surface area contributed by atoms with Crippen LogP contribution >= 0.6 is 0 Å². The Balaban J connectivity index is -0.000000815. The maximum absolute atomic E-state index is 12.3. The van der Waals surface area contributed by atoms with E-state index in [1.807, 2.05) is 13.0 Å². The van der Waals surface area contributed by atoms with E-state index < -0.39 is 10.0 Å². The van der Waals surface area contributed by atoms with Crippen LogP contribution in [-0.4, -0.2) is 28.7 Å². The minimum Gasteiger partial charge on any atom is -0.676 e. The van der Waals surface area contributed by atoms with E-state index in [9.17, 15) is 12.8 Å². The molecule has 2 rings (SSSR count). The molecule has 28 heavy (non-hydrogen) atoms. The van der Waals surface area contributed by atoms with Crippen molar-refractivity contribution in [3.05, 3.63) is 59.8 Å². The van der Waals surface area contributed by atoms with E-state index in [0.717, 1.165) is 11.3 Å². The standard InChI is InChI=1S/C15H18N3O2S.CH3F.Ac.2F2/c1-12-7-8-13(11-15(12)17-10-9-16)18-21(19,20)14-5-3-2-4-6-14;1-2;;2*1-2/h2-8,11,16-18H,9-10H2,1H3;1H3;;;/q-1;;;;. The monoisotopic (exact) mass is 641 g/mol. The Hall–Kier alpha value is -0.958. The molecular formula is C16H21AcF5N3O2S-. The topological polar surface area (TPSA) is 82.0 Å². The summed E-state index contributed by atoms with van der Waals surface area (Å²) < 4.78 is 68.6. The van der Waals surface area contributed by atoms with Crippen molar-refractivity contribution >= 4 is 21.4 Å². The third-order valence-corrected chi connectivity index (χ3v) is 4.38. The Labute approximate surface area is 197 Å². The van der Waals surface area contributed by atoms with Crippen LogP contribution in [0.1, 0.15) is 5.56 Å². The number of anilines is 2. The van der Waals surface area contributed by atoms with Gasteiger partial charge < -0.3 is 11.1 Å². The van der Waals surface area contributed by atoms with Crippen LogP contribution in [0.2, 0.25) is 0 Å². The van der Waals surface area contributed by atoms with E-state index in [1.54, 1.807) is 42.5 Å². The second-order valence-corrected chi connectivity index (χ2v) is 6.31. The molecular weight excluding hydrogens is 620 g/mol. The van der Waals surface area contributed by atoms with Gasteiger partial charge >= 0.3 is 0 Å². The van der Waals surface area contributed by atoms with Gasteiger partial charge in [-0.2, -0.15) is 0 Å². The first-order valence-corrected chi connectivity index (χ1v) is 8.74. The van der Waals surface area contributed by atoms with Gasteiger partial charge in [-0.3, -0.25) is 9.11 Å². The quantitative estimate of drug-likeness (QED) is 0.408. The maximum Gasteiger partial charge on any atom is 0.261 e. The average Bonchev–Trinajstić information content (AvgIpc) is 2.73. The Morgan fingerprint density at radius 2 is 1.50 bits per heavy atom. The summed E-state index contributed by atoms with van der Waals surface area (Å²) in [7, 11) is -3.08. The van der Waals surface area contributed by atoms with Gasteiger partial charge in [0.1, 0.15) is 0 Å². The summed E-state index contributed by atoms with van der Waals surface area (Å²) in [4.78, 5) is 0.228. The number of nitrogens with one attached hydrogen (secondary N) is 3. The van der Waals surface area contributed by atoms with Crippen molar-refractivity contribution in [3.8, 4) is 0 Å². The summed E-state index contributed by atoms with van der Waals surface area (Å²) >= 11 is 0. The summed E-state index contributed by atoms with van der Waals surface area (Å²) in [5.41, 5.74) is 9.49. The molecule has 0 saturated heterocycles. The number of hydrogen-bond acceptors (Lipinski definition) is 3. The molecule has 0 fully saturated rings. The predicted octanol–water partition coefficient (Wildman–Crippen LogP) is 5.53. The molecule has 0 spiro atoms. The van der Waals surface area contributed by atoms with Crippen LogP contribution in [0, 0.1) is 51.0 Å². The summed E-state index contributed by atoms with van der Waals surface area (Å²) in [6.45, 7) is 2.72. The molecule has 0 amide bonds. The molecule has 3 N–H and O–H groups in total. The minimum atomic E-state index is -3.58. The van der Waals surface area contributed by atoms with Crippen molar-refractivity contribution in [2.24, 2.45) is 0 Å². The van der Waals surface area contributed by atoms with Gasteiger partial charge in [-0.25, -0.2) is 8.42 Å². The van der Waals surface area contributed by atoms with Gasteiger partial charge in [0.2, 0.25) is 0 Å². The normalized spacial score (nSPS) is 9.00. The Bertz CT molecular complexity index is 725. The number of halogens is 5. The van der Waals surface area contributed by atoms with E-state index >= 15 is 0 Å². The second-order valence-electron chi connectivity index (χ2n) is 4.63. The van der Waals surface area contributed by atoms with Crippen LogP contribution in [0.4, 0.5) is 34.1 Å². The first-order valence-electron chi connectivity index (χ1n) is 7.26. The zero-order valence-electron chi connectivity index (χ0n) is 15.2. The van der Waals surface area contributed by atoms with Crippen LogP contribution in [0.25, 0.3) is 5.73 Å². The van der Waals surface area contributed by atoms with Crippen LogP contribution in [-0.2, 0) is 10.0 Å². The van der Waals surface area contributed by atoms with E-state index in [4.69, 9.17) is 24.0 Å². The molecule has 0 unspecified atom stereocenters. The van der Waals surface area contributed by atoms with Crippen molar-refractivity contribution < 1.29 is 75.2 Å². The molecule has 5 nitrogen and oxygen atoms in total. The minimum absolute atomic E-state index is 0. The fourth-order valence-corrected chi connectivity index (χ4v) is 2.96. The van der Waals surface area contributed by atoms with Crippen LogP contribution in [0.5, 0.6) is 0 Å². The maximum atomic E-state index is 12.3. The summed E-state index contributed by atoms with van der Waals surface area (Å²) in [6.07, 6.45) is 0. The molecule has 12 heteroatoms. The summed E-state index contributed by atoms with van der Waals surface area (Å²) in [5.74, 6) is 0. The van der Waals surface area contributed by atoms with Crippen molar-refractivity contribution in [1.82, 2.24) is 0 Å². The van der Waals surface area contributed by atoms with E-state index in [-0.39, 0.29) is 55.5 Å². The summed E-state index contributed by atoms with van der Waals surface area (Å²) in [6, 6.07) is 13.6. The zero-order chi connectivity index (χ0) is 21.3. The molecule has 2 aromatic carbocycles. The number of rotatable bonds is 6. The molecule has 0 aliphatic rings. The first kappa shape index (κ1) is 31.7. The van der Waals surface area contributed by atoms with Gasteiger partial charge in [0.25, 0.3) is 10.0 Å². The molecule has 0 heterocycles.